The molecule has 1 unspecified atom stereocenters. The summed E-state index contributed by atoms with van der Waals surface area (Å²) in [5.74, 6) is 1.59. The summed E-state index contributed by atoms with van der Waals surface area (Å²) in [4.78, 5) is 6.56. The van der Waals surface area contributed by atoms with Crippen LogP contribution >= 0.6 is 0 Å². The summed E-state index contributed by atoms with van der Waals surface area (Å²) in [6, 6.07) is 14.4. The van der Waals surface area contributed by atoms with Crippen molar-refractivity contribution >= 4 is 0 Å². The van der Waals surface area contributed by atoms with Crippen molar-refractivity contribution in [1.82, 2.24) is 15.0 Å². The molecule has 6 nitrogen and oxygen atoms in total. The second kappa shape index (κ2) is 8.50. The molecule has 1 aliphatic rings. The summed E-state index contributed by atoms with van der Waals surface area (Å²) in [6.45, 7) is 2.79. The van der Waals surface area contributed by atoms with E-state index < -0.39 is 0 Å². The highest BCUT2D eigenvalue weighted by atomic mass is 19.1. The van der Waals surface area contributed by atoms with E-state index in [1.807, 2.05) is 30.3 Å². The van der Waals surface area contributed by atoms with Gasteiger partial charge < -0.3 is 14.0 Å². The first-order valence-electron chi connectivity index (χ1n) is 9.25. The Morgan fingerprint density at radius 2 is 2.07 bits per heavy atom. The molecule has 0 saturated carbocycles. The van der Waals surface area contributed by atoms with E-state index in [1.54, 1.807) is 19.2 Å². The fourth-order valence-corrected chi connectivity index (χ4v) is 3.36. The second-order valence-corrected chi connectivity index (χ2v) is 6.86. The van der Waals surface area contributed by atoms with E-state index in [0.29, 0.717) is 18.3 Å². The van der Waals surface area contributed by atoms with Crippen LogP contribution < -0.4 is 4.74 Å². The molecular weight excluding hydrogens is 361 g/mol. The van der Waals surface area contributed by atoms with Crippen LogP contribution in [-0.4, -0.2) is 41.3 Å². The molecule has 4 rings (SSSR count). The molecule has 1 saturated heterocycles. The number of halogens is 1. The van der Waals surface area contributed by atoms with Gasteiger partial charge in [0.05, 0.1) is 0 Å². The molecule has 1 atom stereocenters. The van der Waals surface area contributed by atoms with Crippen molar-refractivity contribution in [3.05, 3.63) is 65.8 Å². The van der Waals surface area contributed by atoms with Crippen LogP contribution in [0.1, 0.15) is 17.9 Å². The standard InChI is InChI=1S/C21H22FN3O3/c1-26-14-20-23-21(24-28-20)16-5-7-18(8-6-16)27-19-9-10-25(13-19)12-15-3-2-4-17(22)11-15/h2-8,11,19H,9-10,12-14H2,1H3. The monoisotopic (exact) mass is 383 g/mol. The van der Waals surface area contributed by atoms with Gasteiger partial charge in [-0.15, -0.1) is 0 Å². The maximum Gasteiger partial charge on any atom is 0.252 e. The highest BCUT2D eigenvalue weighted by molar-refractivity contribution is 5.55. The van der Waals surface area contributed by atoms with Gasteiger partial charge in [0, 0.05) is 32.3 Å². The first-order valence-corrected chi connectivity index (χ1v) is 9.25. The van der Waals surface area contributed by atoms with Gasteiger partial charge in [-0.2, -0.15) is 4.98 Å². The van der Waals surface area contributed by atoms with Crippen molar-refractivity contribution in [3.63, 3.8) is 0 Å². The van der Waals surface area contributed by atoms with Crippen LogP contribution in [0.4, 0.5) is 4.39 Å². The maximum absolute atomic E-state index is 13.3. The van der Waals surface area contributed by atoms with Gasteiger partial charge in [0.25, 0.3) is 5.89 Å². The quantitative estimate of drug-likeness (QED) is 0.620. The number of hydrogen-bond donors (Lipinski definition) is 0. The SMILES string of the molecule is COCc1nc(-c2ccc(OC3CCN(Cc4cccc(F)c4)C3)cc2)no1. The molecular formula is C21H22FN3O3. The predicted octanol–water partition coefficient (Wildman–Crippen LogP) is 3.68. The summed E-state index contributed by atoms with van der Waals surface area (Å²) in [7, 11) is 1.58. The molecule has 1 aromatic heterocycles. The van der Waals surface area contributed by atoms with Gasteiger partial charge in [-0.05, 0) is 48.4 Å². The number of aromatic nitrogens is 2. The Hall–Kier alpha value is -2.77. The Morgan fingerprint density at radius 1 is 1.21 bits per heavy atom. The second-order valence-electron chi connectivity index (χ2n) is 6.86. The zero-order valence-electron chi connectivity index (χ0n) is 15.7. The van der Waals surface area contributed by atoms with Crippen molar-refractivity contribution in [2.75, 3.05) is 20.2 Å². The van der Waals surface area contributed by atoms with Crippen molar-refractivity contribution in [3.8, 4) is 17.1 Å². The van der Waals surface area contributed by atoms with E-state index >= 15 is 0 Å². The topological polar surface area (TPSA) is 60.6 Å². The van der Waals surface area contributed by atoms with E-state index in [-0.39, 0.29) is 11.9 Å². The third kappa shape index (κ3) is 4.55. The summed E-state index contributed by atoms with van der Waals surface area (Å²) < 4.78 is 29.5. The fourth-order valence-electron chi connectivity index (χ4n) is 3.36. The molecule has 1 aliphatic heterocycles. The molecule has 2 aromatic carbocycles. The fraction of sp³-hybridized carbons (Fsp3) is 0.333. The molecule has 7 heteroatoms. The van der Waals surface area contributed by atoms with Crippen molar-refractivity contribution in [2.45, 2.75) is 25.7 Å². The number of nitrogens with zero attached hydrogens (tertiary/aromatic N) is 3. The van der Waals surface area contributed by atoms with E-state index in [9.17, 15) is 4.39 Å². The molecule has 3 aromatic rings. The predicted molar refractivity (Wildman–Crippen MR) is 101 cm³/mol. The summed E-state index contributed by atoms with van der Waals surface area (Å²) in [6.07, 6.45) is 1.07. The third-order valence-corrected chi connectivity index (χ3v) is 4.68. The first-order chi connectivity index (χ1) is 13.7. The lowest BCUT2D eigenvalue weighted by atomic mass is 10.2. The molecule has 0 N–H and O–H groups in total. The normalized spacial score (nSPS) is 17.1. The number of likely N-dealkylation sites (tertiary alicyclic amines) is 1. The van der Waals surface area contributed by atoms with E-state index in [2.05, 4.69) is 15.0 Å². The van der Waals surface area contributed by atoms with Crippen LogP contribution in [0, 0.1) is 5.82 Å². The summed E-state index contributed by atoms with van der Waals surface area (Å²) in [5, 5.41) is 3.95. The summed E-state index contributed by atoms with van der Waals surface area (Å²) in [5.41, 5.74) is 1.84. The molecule has 1 fully saturated rings. The van der Waals surface area contributed by atoms with Gasteiger partial charge in [-0.25, -0.2) is 4.39 Å². The highest BCUT2D eigenvalue weighted by Crippen LogP contribution is 2.23. The number of ether oxygens (including phenoxy) is 2. The molecule has 0 spiro atoms. The van der Waals surface area contributed by atoms with Crippen LogP contribution in [0.5, 0.6) is 5.75 Å². The minimum absolute atomic E-state index is 0.123. The largest absolute Gasteiger partial charge is 0.489 e. The lowest BCUT2D eigenvalue weighted by Gasteiger charge is -2.17. The Kier molecular flexibility index (Phi) is 5.64. The van der Waals surface area contributed by atoms with Gasteiger partial charge in [-0.3, -0.25) is 4.90 Å². The van der Waals surface area contributed by atoms with Crippen molar-refractivity contribution in [2.24, 2.45) is 0 Å². The molecule has 0 amide bonds. The molecule has 146 valence electrons. The molecule has 0 aliphatic carbocycles. The molecule has 0 bridgehead atoms. The zero-order valence-corrected chi connectivity index (χ0v) is 15.7. The lowest BCUT2D eigenvalue weighted by Crippen LogP contribution is -2.24. The van der Waals surface area contributed by atoms with Gasteiger partial charge >= 0.3 is 0 Å². The average Bonchev–Trinajstić information content (AvgIpc) is 3.33. The van der Waals surface area contributed by atoms with Crippen molar-refractivity contribution < 1.29 is 18.4 Å². The molecule has 2 heterocycles. The minimum atomic E-state index is -0.194. The summed E-state index contributed by atoms with van der Waals surface area (Å²) >= 11 is 0. The third-order valence-electron chi connectivity index (χ3n) is 4.68. The molecule has 0 radical (unpaired) electrons. The van der Waals surface area contributed by atoms with E-state index in [4.69, 9.17) is 14.0 Å². The Labute approximate surface area is 162 Å². The van der Waals surface area contributed by atoms with Crippen LogP contribution in [-0.2, 0) is 17.9 Å². The molecule has 28 heavy (non-hydrogen) atoms. The average molecular weight is 383 g/mol. The maximum atomic E-state index is 13.3. The number of methoxy groups -OCH3 is 1. The number of hydrogen-bond acceptors (Lipinski definition) is 6. The van der Waals surface area contributed by atoms with Gasteiger partial charge in [-0.1, -0.05) is 17.3 Å². The number of benzene rings is 2. The van der Waals surface area contributed by atoms with E-state index in [0.717, 1.165) is 42.9 Å². The lowest BCUT2D eigenvalue weighted by molar-refractivity contribution is 0.151. The van der Waals surface area contributed by atoms with Crippen LogP contribution in [0.15, 0.2) is 53.1 Å². The Morgan fingerprint density at radius 3 is 2.86 bits per heavy atom. The van der Waals surface area contributed by atoms with Crippen molar-refractivity contribution in [1.29, 1.82) is 0 Å². The van der Waals surface area contributed by atoms with Gasteiger partial charge in [0.15, 0.2) is 0 Å². The highest BCUT2D eigenvalue weighted by Gasteiger charge is 2.24. The zero-order chi connectivity index (χ0) is 19.3. The Bertz CT molecular complexity index is 913. The first kappa shape index (κ1) is 18.6. The van der Waals surface area contributed by atoms with E-state index in [1.165, 1.54) is 6.07 Å². The number of rotatable bonds is 7. The van der Waals surface area contributed by atoms with Gasteiger partial charge in [0.1, 0.15) is 24.3 Å². The van der Waals surface area contributed by atoms with Crippen LogP contribution in [0.2, 0.25) is 0 Å². The Balaban J connectivity index is 1.32. The van der Waals surface area contributed by atoms with Crippen LogP contribution in [0.3, 0.4) is 0 Å². The minimum Gasteiger partial charge on any atom is -0.489 e. The smallest absolute Gasteiger partial charge is 0.252 e. The van der Waals surface area contributed by atoms with Gasteiger partial charge in [0.2, 0.25) is 5.82 Å². The van der Waals surface area contributed by atoms with Crippen LogP contribution in [0.25, 0.3) is 11.4 Å².